The Balaban J connectivity index is 3.37. The highest BCUT2D eigenvalue weighted by Gasteiger charge is 2.25. The molecule has 6 heteroatoms. The topological polar surface area (TPSA) is 88.4 Å². The summed E-state index contributed by atoms with van der Waals surface area (Å²) >= 11 is 0. The van der Waals surface area contributed by atoms with Crippen LogP contribution in [0.3, 0.4) is 0 Å². The maximum absolute atomic E-state index is 10.9. The average molecular weight is 192 g/mol. The summed E-state index contributed by atoms with van der Waals surface area (Å²) in [4.78, 5) is 23.4. The molecule has 1 aromatic carbocycles. The van der Waals surface area contributed by atoms with E-state index in [1.807, 2.05) is 0 Å². The minimum Gasteiger partial charge on any atom is -0.295 e. The Morgan fingerprint density at radius 3 is 2.64 bits per heavy atom. The van der Waals surface area contributed by atoms with E-state index in [0.29, 0.717) is 0 Å². The number of nitro benzene ring substituents is 1. The molecule has 0 radical (unpaired) electrons. The van der Waals surface area contributed by atoms with Crippen molar-refractivity contribution in [2.24, 2.45) is 0 Å². The van der Waals surface area contributed by atoms with Gasteiger partial charge in [0.1, 0.15) is 0 Å². The van der Waals surface area contributed by atoms with Crippen LogP contribution in [0.5, 0.6) is 0 Å². The van der Waals surface area contributed by atoms with Crippen molar-refractivity contribution in [3.8, 4) is 0 Å². The fourth-order valence-electron chi connectivity index (χ4n) is 0.973. The Bertz CT molecular complexity index is 448. The molecule has 0 N–H and O–H groups in total. The molecular weight excluding hydrogens is 186 g/mol. The number of carbonyl (C=O) groups excluding carboxylic acids is 1. The summed E-state index contributed by atoms with van der Waals surface area (Å²) in [5.41, 5.74) is -0.343. The van der Waals surface area contributed by atoms with E-state index in [2.05, 4.69) is 4.98 Å². The van der Waals surface area contributed by atoms with Gasteiger partial charge in [-0.15, -0.1) is 0 Å². The third-order valence-electron chi connectivity index (χ3n) is 1.69. The molecule has 0 heterocycles. The fourth-order valence-corrected chi connectivity index (χ4v) is 0.973. The second kappa shape index (κ2) is 3.62. The first-order chi connectivity index (χ1) is 6.56. The molecule has 1 aromatic rings. The first kappa shape index (κ1) is 9.80. The van der Waals surface area contributed by atoms with Crippen LogP contribution in [0.1, 0.15) is 17.3 Å². The number of hydrogen-bond donors (Lipinski definition) is 0. The SMILES string of the molecule is CC(=O)c1ccc([N+]#N)c([N+](=O)[O-])c1. The van der Waals surface area contributed by atoms with Crippen molar-refractivity contribution in [3.05, 3.63) is 38.9 Å². The molecule has 0 fully saturated rings. The summed E-state index contributed by atoms with van der Waals surface area (Å²) in [7, 11) is 0. The van der Waals surface area contributed by atoms with E-state index in [0.717, 1.165) is 6.07 Å². The lowest BCUT2D eigenvalue weighted by Crippen LogP contribution is -1.94. The van der Waals surface area contributed by atoms with Gasteiger partial charge in [-0.1, -0.05) is 0 Å². The highest BCUT2D eigenvalue weighted by atomic mass is 16.6. The predicted octanol–water partition coefficient (Wildman–Crippen LogP) is 2.28. The molecule has 0 bridgehead atoms. The first-order valence-corrected chi connectivity index (χ1v) is 3.70. The standard InChI is InChI=1S/C8H6N3O3/c1-5(12)6-2-3-7(10-9)8(4-6)11(13)14/h2-4H,1H3/q+1. The molecule has 1 rings (SSSR count). The van der Waals surface area contributed by atoms with Gasteiger partial charge in [-0.3, -0.25) is 14.9 Å². The predicted molar refractivity (Wildman–Crippen MR) is 47.8 cm³/mol. The Morgan fingerprint density at radius 1 is 1.57 bits per heavy atom. The zero-order valence-corrected chi connectivity index (χ0v) is 7.30. The number of carbonyl (C=O) groups is 1. The Labute approximate surface area is 78.9 Å². The maximum atomic E-state index is 10.9. The third-order valence-corrected chi connectivity index (χ3v) is 1.69. The number of nitro groups is 1. The van der Waals surface area contributed by atoms with E-state index in [-0.39, 0.29) is 22.7 Å². The monoisotopic (exact) mass is 192 g/mol. The summed E-state index contributed by atoms with van der Waals surface area (Å²) < 4.78 is 0. The lowest BCUT2D eigenvalue weighted by atomic mass is 10.1. The van der Waals surface area contributed by atoms with E-state index in [1.54, 1.807) is 0 Å². The van der Waals surface area contributed by atoms with E-state index < -0.39 is 4.92 Å². The summed E-state index contributed by atoms with van der Waals surface area (Å²) in [6, 6.07) is 3.66. The van der Waals surface area contributed by atoms with Gasteiger partial charge in [-0.25, -0.2) is 0 Å². The Morgan fingerprint density at radius 2 is 2.21 bits per heavy atom. The zero-order chi connectivity index (χ0) is 10.7. The van der Waals surface area contributed by atoms with Crippen molar-refractivity contribution in [2.75, 3.05) is 0 Å². The van der Waals surface area contributed by atoms with Crippen LogP contribution >= 0.6 is 0 Å². The van der Waals surface area contributed by atoms with Gasteiger partial charge in [0.2, 0.25) is 5.39 Å². The van der Waals surface area contributed by atoms with Crippen molar-refractivity contribution < 1.29 is 9.72 Å². The van der Waals surface area contributed by atoms with Crippen LogP contribution < -0.4 is 0 Å². The largest absolute Gasteiger partial charge is 0.461 e. The van der Waals surface area contributed by atoms with Gasteiger partial charge in [0, 0.05) is 17.7 Å². The average Bonchev–Trinajstić information content (AvgIpc) is 2.16. The number of rotatable bonds is 2. The highest BCUT2D eigenvalue weighted by molar-refractivity contribution is 5.95. The summed E-state index contributed by atoms with van der Waals surface area (Å²) in [5, 5.41) is 18.9. The van der Waals surface area contributed by atoms with Gasteiger partial charge in [-0.2, -0.15) is 0 Å². The van der Waals surface area contributed by atoms with Crippen molar-refractivity contribution in [1.82, 2.24) is 0 Å². The van der Waals surface area contributed by atoms with Gasteiger partial charge in [0.05, 0.1) is 4.92 Å². The number of hydrogen-bond acceptors (Lipinski definition) is 4. The van der Waals surface area contributed by atoms with Crippen LogP contribution in [-0.2, 0) is 0 Å². The smallest absolute Gasteiger partial charge is 0.295 e. The van der Waals surface area contributed by atoms with Crippen LogP contribution in [0.4, 0.5) is 11.4 Å². The Hall–Kier alpha value is -2.29. The lowest BCUT2D eigenvalue weighted by Gasteiger charge is -1.92. The lowest BCUT2D eigenvalue weighted by molar-refractivity contribution is -0.383. The summed E-state index contributed by atoms with van der Waals surface area (Å²) in [6.45, 7) is 1.30. The molecule has 0 aromatic heterocycles. The molecule has 6 nitrogen and oxygen atoms in total. The van der Waals surface area contributed by atoms with Gasteiger partial charge in [0.25, 0.3) is 0 Å². The number of ketones is 1. The van der Waals surface area contributed by atoms with E-state index in [1.165, 1.54) is 19.1 Å². The van der Waals surface area contributed by atoms with Gasteiger partial charge in [-0.05, 0) is 13.0 Å². The molecule has 0 saturated heterocycles. The molecule has 0 spiro atoms. The van der Waals surface area contributed by atoms with Crippen LogP contribution in [0.2, 0.25) is 0 Å². The van der Waals surface area contributed by atoms with Crippen molar-refractivity contribution in [3.63, 3.8) is 0 Å². The Kier molecular flexibility index (Phi) is 2.53. The molecule has 0 saturated carbocycles. The second-order valence-corrected chi connectivity index (χ2v) is 2.62. The minimum atomic E-state index is -0.707. The molecule has 70 valence electrons. The van der Waals surface area contributed by atoms with Crippen molar-refractivity contribution in [2.45, 2.75) is 6.92 Å². The van der Waals surface area contributed by atoms with Gasteiger partial charge >= 0.3 is 11.4 Å². The molecule has 0 aliphatic rings. The molecule has 0 unspecified atom stereocenters. The van der Waals surface area contributed by atoms with Crippen molar-refractivity contribution in [1.29, 1.82) is 5.39 Å². The van der Waals surface area contributed by atoms with E-state index >= 15 is 0 Å². The number of nitrogens with zero attached hydrogens (tertiary/aromatic N) is 3. The third kappa shape index (κ3) is 1.72. The van der Waals surface area contributed by atoms with Crippen LogP contribution in [0, 0.1) is 15.5 Å². The number of benzene rings is 1. The normalized spacial score (nSPS) is 9.14. The summed E-state index contributed by atoms with van der Waals surface area (Å²) in [6.07, 6.45) is 0. The zero-order valence-electron chi connectivity index (χ0n) is 7.30. The molecule has 0 aliphatic heterocycles. The summed E-state index contributed by atoms with van der Waals surface area (Å²) in [5.74, 6) is -0.280. The number of diazo groups is 1. The van der Waals surface area contributed by atoms with Gasteiger partial charge < -0.3 is 0 Å². The molecule has 0 amide bonds. The minimum absolute atomic E-state index is 0.167. The van der Waals surface area contributed by atoms with E-state index in [4.69, 9.17) is 5.39 Å². The quantitative estimate of drug-likeness (QED) is 0.311. The maximum Gasteiger partial charge on any atom is 0.461 e. The first-order valence-electron chi connectivity index (χ1n) is 3.70. The molecule has 14 heavy (non-hydrogen) atoms. The van der Waals surface area contributed by atoms with Crippen molar-refractivity contribution >= 4 is 17.2 Å². The van der Waals surface area contributed by atoms with Crippen LogP contribution in [0.15, 0.2) is 18.2 Å². The highest BCUT2D eigenvalue weighted by Crippen LogP contribution is 2.28. The number of Topliss-reactive ketones (excluding diaryl/α,β-unsaturated/α-hetero) is 1. The molecule has 0 aliphatic carbocycles. The van der Waals surface area contributed by atoms with E-state index in [9.17, 15) is 14.9 Å². The van der Waals surface area contributed by atoms with Crippen LogP contribution in [-0.4, -0.2) is 10.7 Å². The van der Waals surface area contributed by atoms with Crippen LogP contribution in [0.25, 0.3) is 4.98 Å². The molecular formula is C8H6N3O3+. The molecule has 0 atom stereocenters. The fraction of sp³-hybridized carbons (Fsp3) is 0.125. The second-order valence-electron chi connectivity index (χ2n) is 2.62. The van der Waals surface area contributed by atoms with Gasteiger partial charge in [0.15, 0.2) is 10.8 Å².